The van der Waals surface area contributed by atoms with E-state index in [1.807, 2.05) is 32.9 Å². The number of fused-ring (bicyclic) bond motifs is 2. The third-order valence-corrected chi connectivity index (χ3v) is 7.24. The van der Waals surface area contributed by atoms with Crippen molar-refractivity contribution in [3.05, 3.63) is 69.5 Å². The van der Waals surface area contributed by atoms with Gasteiger partial charge in [0, 0.05) is 47.5 Å². The lowest BCUT2D eigenvalue weighted by molar-refractivity contribution is 0.0222. The summed E-state index contributed by atoms with van der Waals surface area (Å²) in [6.07, 6.45) is 0.600. The van der Waals surface area contributed by atoms with E-state index in [2.05, 4.69) is 5.10 Å². The summed E-state index contributed by atoms with van der Waals surface area (Å²) in [5.41, 5.74) is 3.36. The van der Waals surface area contributed by atoms with Gasteiger partial charge in [-0.1, -0.05) is 17.7 Å². The molecule has 0 N–H and O–H groups in total. The zero-order valence-electron chi connectivity index (χ0n) is 23.8. The first-order valence-corrected chi connectivity index (χ1v) is 13.9. The second kappa shape index (κ2) is 11.1. The number of methoxy groups -OCH3 is 1. The highest BCUT2D eigenvalue weighted by Crippen LogP contribution is 2.36. The molecule has 0 bridgehead atoms. The molecule has 5 rings (SSSR count). The number of halogens is 1. The van der Waals surface area contributed by atoms with Crippen LogP contribution in [0.15, 0.2) is 36.4 Å². The summed E-state index contributed by atoms with van der Waals surface area (Å²) in [5, 5.41) is 4.99. The Hall–Kier alpha value is -4.05. The van der Waals surface area contributed by atoms with Gasteiger partial charge in [-0.3, -0.25) is 4.79 Å². The van der Waals surface area contributed by atoms with Gasteiger partial charge in [-0.2, -0.15) is 5.10 Å². The Bertz CT molecular complexity index is 1530. The van der Waals surface area contributed by atoms with Gasteiger partial charge in [0.15, 0.2) is 5.69 Å². The molecule has 2 aliphatic rings. The van der Waals surface area contributed by atoms with Gasteiger partial charge in [0.1, 0.15) is 17.0 Å². The van der Waals surface area contributed by atoms with Gasteiger partial charge in [0.25, 0.3) is 5.91 Å². The lowest BCUT2D eigenvalue weighted by Gasteiger charge is -2.33. The van der Waals surface area contributed by atoms with Crippen LogP contribution in [0, 0.1) is 0 Å². The number of aromatic nitrogens is 2. The molecule has 10 nitrogen and oxygen atoms in total. The van der Waals surface area contributed by atoms with Gasteiger partial charge in [-0.15, -0.1) is 0 Å². The molecule has 0 fully saturated rings. The number of carbonyl (C=O) groups excluding carboxylic acids is 3. The molecule has 2 amide bonds. The Morgan fingerprint density at radius 3 is 2.49 bits per heavy atom. The highest BCUT2D eigenvalue weighted by molar-refractivity contribution is 6.30. The number of benzene rings is 2. The zero-order valence-corrected chi connectivity index (χ0v) is 24.6. The van der Waals surface area contributed by atoms with Crippen molar-refractivity contribution in [2.45, 2.75) is 52.7 Å². The van der Waals surface area contributed by atoms with Crippen molar-refractivity contribution in [1.82, 2.24) is 14.7 Å². The highest BCUT2D eigenvalue weighted by Gasteiger charge is 2.37. The summed E-state index contributed by atoms with van der Waals surface area (Å²) in [6, 6.07) is 10.7. The number of carbonyl (C=O) groups is 3. The molecule has 41 heavy (non-hydrogen) atoms. The fraction of sp³-hybridized carbons (Fsp3) is 0.400. The van der Waals surface area contributed by atoms with Crippen molar-refractivity contribution < 1.29 is 28.6 Å². The molecule has 3 heterocycles. The summed E-state index contributed by atoms with van der Waals surface area (Å²) >= 11 is 6.25. The highest BCUT2D eigenvalue weighted by atomic mass is 35.5. The second-order valence-corrected chi connectivity index (χ2v) is 11.4. The van der Waals surface area contributed by atoms with E-state index in [1.165, 1.54) is 4.68 Å². The molecule has 0 spiro atoms. The van der Waals surface area contributed by atoms with Gasteiger partial charge in [0.2, 0.25) is 0 Å². The number of esters is 1. The van der Waals surface area contributed by atoms with Crippen LogP contribution < -0.4 is 9.64 Å². The summed E-state index contributed by atoms with van der Waals surface area (Å²) in [7, 11) is 1.59. The van der Waals surface area contributed by atoms with E-state index >= 15 is 0 Å². The zero-order chi connectivity index (χ0) is 29.5. The molecule has 2 aliphatic heterocycles. The molecule has 0 atom stereocenters. The summed E-state index contributed by atoms with van der Waals surface area (Å²) < 4.78 is 18.0. The van der Waals surface area contributed by atoms with Crippen molar-refractivity contribution in [2.24, 2.45) is 0 Å². The Morgan fingerprint density at radius 1 is 1.05 bits per heavy atom. The molecule has 11 heteroatoms. The fourth-order valence-corrected chi connectivity index (χ4v) is 5.41. The van der Waals surface area contributed by atoms with Crippen LogP contribution in [-0.4, -0.2) is 65.1 Å². The van der Waals surface area contributed by atoms with Gasteiger partial charge in [-0.25, -0.2) is 14.3 Å². The van der Waals surface area contributed by atoms with Crippen molar-refractivity contribution >= 4 is 35.3 Å². The van der Waals surface area contributed by atoms with E-state index in [1.54, 1.807) is 48.1 Å². The third-order valence-electron chi connectivity index (χ3n) is 7.00. The van der Waals surface area contributed by atoms with E-state index in [-0.39, 0.29) is 30.0 Å². The average Bonchev–Trinajstić information content (AvgIpc) is 3.32. The van der Waals surface area contributed by atoms with E-state index in [4.69, 9.17) is 25.8 Å². The molecule has 1 aromatic heterocycles. The molecule has 216 valence electrons. The monoisotopic (exact) mass is 580 g/mol. The standard InChI is InChI=1S/C30H33ClN4O6/c1-6-40-28(37)25-23-11-13-34(27(36)26(23)35(32-25)20-9-7-8-19(31)15-20)21-14-18-17-33(29(38)41-30(2,3)4)12-10-22(18)24(16-21)39-5/h7-9,14-16H,6,10-13,17H2,1-5H3. The van der Waals surface area contributed by atoms with Crippen LogP contribution in [0.25, 0.3) is 5.69 Å². The maximum absolute atomic E-state index is 14.1. The first-order chi connectivity index (χ1) is 19.5. The molecule has 2 aromatic carbocycles. The predicted molar refractivity (Wildman–Crippen MR) is 153 cm³/mol. The SMILES string of the molecule is CCOC(=O)c1nn(-c2cccc(Cl)c2)c2c1CCN(c1cc3c(c(OC)c1)CCN(C(=O)OC(C)(C)C)C3)C2=O. The van der Waals surface area contributed by atoms with Crippen molar-refractivity contribution in [3.63, 3.8) is 0 Å². The average molecular weight is 581 g/mol. The number of nitrogens with zero attached hydrogens (tertiary/aromatic N) is 4. The molecule has 0 radical (unpaired) electrons. The van der Waals surface area contributed by atoms with Gasteiger partial charge >= 0.3 is 12.1 Å². The van der Waals surface area contributed by atoms with E-state index in [0.717, 1.165) is 11.1 Å². The predicted octanol–water partition coefficient (Wildman–Crippen LogP) is 5.21. The lowest BCUT2D eigenvalue weighted by atomic mass is 9.96. The van der Waals surface area contributed by atoms with Crippen molar-refractivity contribution in [1.29, 1.82) is 0 Å². The fourth-order valence-electron chi connectivity index (χ4n) is 5.23. The van der Waals surface area contributed by atoms with Crippen LogP contribution in [0.3, 0.4) is 0 Å². The minimum absolute atomic E-state index is 0.117. The summed E-state index contributed by atoms with van der Waals surface area (Å²) in [6.45, 7) is 8.56. The van der Waals surface area contributed by atoms with Gasteiger partial charge < -0.3 is 24.0 Å². The summed E-state index contributed by atoms with van der Waals surface area (Å²) in [4.78, 5) is 43.0. The molecular weight excluding hydrogens is 548 g/mol. The molecular formula is C30H33ClN4O6. The number of anilines is 1. The Morgan fingerprint density at radius 2 is 1.80 bits per heavy atom. The minimum atomic E-state index is -0.608. The largest absolute Gasteiger partial charge is 0.496 e. The molecule has 0 aliphatic carbocycles. The lowest BCUT2D eigenvalue weighted by Crippen LogP contribution is -2.41. The number of rotatable bonds is 5. The number of hydrogen-bond donors (Lipinski definition) is 0. The van der Waals surface area contributed by atoms with Crippen molar-refractivity contribution in [2.75, 3.05) is 31.7 Å². The second-order valence-electron chi connectivity index (χ2n) is 10.9. The summed E-state index contributed by atoms with van der Waals surface area (Å²) in [5.74, 6) is -0.255. The Labute approximate surface area is 243 Å². The Kier molecular flexibility index (Phi) is 7.70. The van der Waals surface area contributed by atoms with Crippen LogP contribution in [0.4, 0.5) is 10.5 Å². The first kappa shape index (κ1) is 28.5. The maximum atomic E-state index is 14.1. The van der Waals surface area contributed by atoms with E-state index < -0.39 is 11.6 Å². The van der Waals surface area contributed by atoms with E-state index in [9.17, 15) is 14.4 Å². The molecule has 0 saturated carbocycles. The van der Waals surface area contributed by atoms with Crippen LogP contribution in [-0.2, 0) is 28.9 Å². The third kappa shape index (κ3) is 5.61. The molecule has 3 aromatic rings. The minimum Gasteiger partial charge on any atom is -0.496 e. The van der Waals surface area contributed by atoms with Gasteiger partial charge in [-0.05, 0) is 70.4 Å². The quantitative estimate of drug-likeness (QED) is 0.382. The normalized spacial score (nSPS) is 14.8. The molecule has 0 unspecified atom stereocenters. The first-order valence-electron chi connectivity index (χ1n) is 13.5. The molecule has 0 saturated heterocycles. The van der Waals surface area contributed by atoms with Crippen LogP contribution in [0.5, 0.6) is 5.75 Å². The van der Waals surface area contributed by atoms with Crippen LogP contribution in [0.2, 0.25) is 5.02 Å². The van der Waals surface area contributed by atoms with Crippen molar-refractivity contribution in [3.8, 4) is 11.4 Å². The van der Waals surface area contributed by atoms with E-state index in [0.29, 0.717) is 60.2 Å². The Balaban J connectivity index is 1.54. The number of hydrogen-bond acceptors (Lipinski definition) is 7. The van der Waals surface area contributed by atoms with Crippen LogP contribution >= 0.6 is 11.6 Å². The number of ether oxygens (including phenoxy) is 3. The smallest absolute Gasteiger partial charge is 0.410 e. The number of amides is 2. The van der Waals surface area contributed by atoms with Gasteiger partial charge in [0.05, 0.1) is 19.4 Å². The topological polar surface area (TPSA) is 103 Å². The maximum Gasteiger partial charge on any atom is 0.410 e. The van der Waals surface area contributed by atoms with Crippen LogP contribution in [0.1, 0.15) is 65.4 Å².